The Morgan fingerprint density at radius 1 is 1.22 bits per heavy atom. The molecule has 5 nitrogen and oxygen atoms in total. The summed E-state index contributed by atoms with van der Waals surface area (Å²) in [6.07, 6.45) is 1.49. The quantitative estimate of drug-likeness (QED) is 0.889. The monoisotopic (exact) mass is 314 g/mol. The van der Waals surface area contributed by atoms with Crippen LogP contribution >= 0.6 is 0 Å². The molecule has 0 spiro atoms. The number of hydrogen-bond acceptors (Lipinski definition) is 3. The third-order valence-electron chi connectivity index (χ3n) is 3.87. The van der Waals surface area contributed by atoms with E-state index in [4.69, 9.17) is 5.73 Å². The second kappa shape index (κ2) is 6.54. The molecule has 1 atom stereocenters. The summed E-state index contributed by atoms with van der Waals surface area (Å²) in [6.45, 7) is 9.84. The zero-order valence-electron chi connectivity index (χ0n) is 14.6. The maximum atomic E-state index is 12.3. The van der Waals surface area contributed by atoms with Gasteiger partial charge in [0.2, 0.25) is 5.91 Å². The van der Waals surface area contributed by atoms with Gasteiger partial charge < -0.3 is 11.1 Å². The zero-order chi connectivity index (χ0) is 17.2. The van der Waals surface area contributed by atoms with Gasteiger partial charge in [0.05, 0.1) is 11.2 Å². The summed E-state index contributed by atoms with van der Waals surface area (Å²) in [5, 5.41) is 7.34. The first-order valence-corrected chi connectivity index (χ1v) is 7.98. The van der Waals surface area contributed by atoms with E-state index in [1.165, 1.54) is 11.1 Å². The minimum absolute atomic E-state index is 0.204. The van der Waals surface area contributed by atoms with Gasteiger partial charge in [-0.15, -0.1) is 5.10 Å². The molecule has 1 aromatic carbocycles. The normalized spacial score (nSPS) is 13.7. The molecular formula is C18H26N4O. The van der Waals surface area contributed by atoms with E-state index in [1.54, 1.807) is 6.92 Å². The average molecular weight is 314 g/mol. The number of hydrogen-bond donors (Lipinski definition) is 2. The minimum Gasteiger partial charge on any atom is -0.318 e. The Labute approximate surface area is 137 Å². The highest BCUT2D eigenvalue weighted by Crippen LogP contribution is 2.19. The van der Waals surface area contributed by atoms with Crippen LogP contribution in [0.2, 0.25) is 0 Å². The molecule has 0 aliphatic rings. The van der Waals surface area contributed by atoms with Crippen LogP contribution in [0.4, 0.5) is 5.82 Å². The van der Waals surface area contributed by atoms with Crippen molar-refractivity contribution in [3.05, 3.63) is 41.1 Å². The van der Waals surface area contributed by atoms with E-state index >= 15 is 0 Å². The van der Waals surface area contributed by atoms with Crippen molar-refractivity contribution in [3.63, 3.8) is 0 Å². The highest BCUT2D eigenvalue weighted by molar-refractivity contribution is 5.96. The van der Waals surface area contributed by atoms with E-state index in [2.05, 4.69) is 42.5 Å². The number of benzene rings is 1. The predicted octanol–water partition coefficient (Wildman–Crippen LogP) is 3.25. The molecule has 5 heteroatoms. The predicted molar refractivity (Wildman–Crippen MR) is 93.9 cm³/mol. The summed E-state index contributed by atoms with van der Waals surface area (Å²) in [7, 11) is 0. The second-order valence-corrected chi connectivity index (χ2v) is 6.55. The standard InChI is InChI=1S/C18H26N4O/c1-6-7-18(5,19)17(23)20-16-11-14(4)22(21-16)15-9-12(2)8-13(3)10-15/h8-11H,6-7,19H2,1-5H3,(H,20,21,23). The zero-order valence-corrected chi connectivity index (χ0v) is 14.6. The first-order chi connectivity index (χ1) is 10.7. The lowest BCUT2D eigenvalue weighted by Crippen LogP contribution is -2.48. The Hall–Kier alpha value is -2.14. The van der Waals surface area contributed by atoms with Crippen LogP contribution in [0.25, 0.3) is 5.69 Å². The number of nitrogens with zero attached hydrogens (tertiary/aromatic N) is 2. The van der Waals surface area contributed by atoms with Crippen molar-refractivity contribution in [2.45, 2.75) is 53.0 Å². The highest BCUT2D eigenvalue weighted by atomic mass is 16.2. The molecule has 1 aromatic heterocycles. The number of amides is 1. The number of anilines is 1. The molecule has 3 N–H and O–H groups in total. The lowest BCUT2D eigenvalue weighted by molar-refractivity contribution is -0.120. The van der Waals surface area contributed by atoms with Crippen LogP contribution in [0.3, 0.4) is 0 Å². The summed E-state index contributed by atoms with van der Waals surface area (Å²) >= 11 is 0. The van der Waals surface area contributed by atoms with E-state index in [0.29, 0.717) is 12.2 Å². The SMILES string of the molecule is CCCC(C)(N)C(=O)Nc1cc(C)n(-c2cc(C)cc(C)c2)n1. The molecule has 23 heavy (non-hydrogen) atoms. The van der Waals surface area contributed by atoms with Crippen LogP contribution in [-0.2, 0) is 4.79 Å². The molecule has 2 aromatic rings. The summed E-state index contributed by atoms with van der Waals surface area (Å²) in [5.74, 6) is 0.323. The topological polar surface area (TPSA) is 72.9 Å². The fraction of sp³-hybridized carbons (Fsp3) is 0.444. The largest absolute Gasteiger partial charge is 0.318 e. The average Bonchev–Trinajstić information content (AvgIpc) is 2.78. The number of nitrogens with one attached hydrogen (secondary N) is 1. The van der Waals surface area contributed by atoms with E-state index < -0.39 is 5.54 Å². The van der Waals surface area contributed by atoms with Crippen LogP contribution in [0.5, 0.6) is 0 Å². The van der Waals surface area contributed by atoms with E-state index in [9.17, 15) is 4.79 Å². The second-order valence-electron chi connectivity index (χ2n) is 6.55. The Kier molecular flexibility index (Phi) is 4.90. The summed E-state index contributed by atoms with van der Waals surface area (Å²) in [6, 6.07) is 8.12. The molecule has 0 radical (unpaired) electrons. The molecule has 1 amide bonds. The van der Waals surface area contributed by atoms with Crippen molar-refractivity contribution in [2.24, 2.45) is 5.73 Å². The molecular weight excluding hydrogens is 288 g/mol. The van der Waals surface area contributed by atoms with E-state index in [0.717, 1.165) is 17.8 Å². The number of carbonyl (C=O) groups is 1. The van der Waals surface area contributed by atoms with Gasteiger partial charge >= 0.3 is 0 Å². The van der Waals surface area contributed by atoms with Crippen LogP contribution < -0.4 is 11.1 Å². The third-order valence-corrected chi connectivity index (χ3v) is 3.87. The number of rotatable bonds is 5. The van der Waals surface area contributed by atoms with Crippen molar-refractivity contribution in [1.82, 2.24) is 9.78 Å². The van der Waals surface area contributed by atoms with Crippen molar-refractivity contribution >= 4 is 11.7 Å². The number of nitrogens with two attached hydrogens (primary N) is 1. The molecule has 1 unspecified atom stereocenters. The first-order valence-electron chi connectivity index (χ1n) is 7.98. The Bertz CT molecular complexity index is 696. The van der Waals surface area contributed by atoms with Crippen molar-refractivity contribution in [1.29, 1.82) is 0 Å². The van der Waals surface area contributed by atoms with E-state index in [-0.39, 0.29) is 5.91 Å². The molecule has 0 saturated heterocycles. The minimum atomic E-state index is -0.883. The summed E-state index contributed by atoms with van der Waals surface area (Å²) in [4.78, 5) is 12.3. The van der Waals surface area contributed by atoms with Crippen LogP contribution in [0.15, 0.2) is 24.3 Å². The fourth-order valence-corrected chi connectivity index (χ4v) is 2.76. The summed E-state index contributed by atoms with van der Waals surface area (Å²) in [5.41, 5.74) is 9.49. The van der Waals surface area contributed by atoms with Gasteiger partial charge in [0.25, 0.3) is 0 Å². The third kappa shape index (κ3) is 3.99. The van der Waals surface area contributed by atoms with Crippen LogP contribution in [0.1, 0.15) is 43.5 Å². The highest BCUT2D eigenvalue weighted by Gasteiger charge is 2.27. The van der Waals surface area contributed by atoms with Crippen molar-refractivity contribution < 1.29 is 4.79 Å². The van der Waals surface area contributed by atoms with Crippen LogP contribution in [0, 0.1) is 20.8 Å². The van der Waals surface area contributed by atoms with Gasteiger partial charge in [0, 0.05) is 11.8 Å². The molecule has 1 heterocycles. The van der Waals surface area contributed by atoms with E-state index in [1.807, 2.05) is 24.6 Å². The maximum Gasteiger partial charge on any atom is 0.245 e. The molecule has 0 fully saturated rings. The molecule has 2 rings (SSSR count). The molecule has 0 aliphatic heterocycles. The molecule has 0 aliphatic carbocycles. The first kappa shape index (κ1) is 17.2. The molecule has 124 valence electrons. The van der Waals surface area contributed by atoms with Gasteiger partial charge in [-0.1, -0.05) is 19.4 Å². The lowest BCUT2D eigenvalue weighted by atomic mass is 9.97. The Balaban J connectivity index is 2.26. The van der Waals surface area contributed by atoms with Gasteiger partial charge in [-0.2, -0.15) is 0 Å². The van der Waals surface area contributed by atoms with Crippen molar-refractivity contribution in [3.8, 4) is 5.69 Å². The maximum absolute atomic E-state index is 12.3. The molecule has 0 bridgehead atoms. The Morgan fingerprint density at radius 3 is 2.39 bits per heavy atom. The van der Waals surface area contributed by atoms with Crippen molar-refractivity contribution in [2.75, 3.05) is 5.32 Å². The number of aromatic nitrogens is 2. The molecule has 0 saturated carbocycles. The smallest absolute Gasteiger partial charge is 0.245 e. The lowest BCUT2D eigenvalue weighted by Gasteiger charge is -2.21. The number of aryl methyl sites for hydroxylation is 3. The van der Waals surface area contributed by atoms with Gasteiger partial charge in [0.15, 0.2) is 5.82 Å². The summed E-state index contributed by atoms with van der Waals surface area (Å²) < 4.78 is 1.84. The van der Waals surface area contributed by atoms with Crippen LogP contribution in [-0.4, -0.2) is 21.2 Å². The van der Waals surface area contributed by atoms with Gasteiger partial charge in [0.1, 0.15) is 0 Å². The fourth-order valence-electron chi connectivity index (χ4n) is 2.76. The van der Waals surface area contributed by atoms with Gasteiger partial charge in [-0.25, -0.2) is 4.68 Å². The Morgan fingerprint density at radius 2 is 1.83 bits per heavy atom. The number of carbonyl (C=O) groups excluding carboxylic acids is 1. The van der Waals surface area contributed by atoms with Gasteiger partial charge in [-0.05, 0) is 57.4 Å². The van der Waals surface area contributed by atoms with Gasteiger partial charge in [-0.3, -0.25) is 4.79 Å².